The molecule has 0 bridgehead atoms. The number of fused-ring (bicyclic) bond motifs is 5. The third kappa shape index (κ3) is 2.49. The predicted molar refractivity (Wildman–Crippen MR) is 97.1 cm³/mol. The number of Topliss-reactive ketones (excluding diaryl/α,β-unsaturated/α-hetero) is 2. The highest BCUT2D eigenvalue weighted by molar-refractivity contribution is 5.83. The van der Waals surface area contributed by atoms with E-state index in [0.29, 0.717) is 35.7 Å². The Morgan fingerprint density at radius 2 is 2.00 bits per heavy atom. The summed E-state index contributed by atoms with van der Waals surface area (Å²) in [7, 11) is 1.63. The van der Waals surface area contributed by atoms with Gasteiger partial charge in [0.2, 0.25) is 0 Å². The van der Waals surface area contributed by atoms with E-state index >= 15 is 0 Å². The Kier molecular flexibility index (Phi) is 4.22. The highest BCUT2D eigenvalue weighted by Crippen LogP contribution is 2.66. The highest BCUT2D eigenvalue weighted by Gasteiger charge is 2.59. The van der Waals surface area contributed by atoms with E-state index in [4.69, 9.17) is 4.74 Å². The summed E-state index contributed by atoms with van der Waals surface area (Å²) in [5.41, 5.74) is 1.81. The average molecular weight is 344 g/mol. The number of ether oxygens (including phenoxy) is 1. The molecule has 3 saturated carbocycles. The standard InChI is InChI=1S/C22H32O3/c1-21-10-8-15(23)12-14(21)4-5-16-17-6-7-19(20(24)13-25-3)22(17,2)11-9-18(16)21/h4,16-19H,5-13H2,1-3H3/t16-,17-,18-,19+,21-,22-/m0/s1. The molecule has 0 aromatic carbocycles. The zero-order valence-corrected chi connectivity index (χ0v) is 16.0. The van der Waals surface area contributed by atoms with Crippen molar-refractivity contribution in [1.82, 2.24) is 0 Å². The summed E-state index contributed by atoms with van der Waals surface area (Å²) < 4.78 is 5.15. The van der Waals surface area contributed by atoms with Crippen LogP contribution >= 0.6 is 0 Å². The zero-order valence-electron chi connectivity index (χ0n) is 16.0. The number of hydrogen-bond donors (Lipinski definition) is 0. The Bertz CT molecular complexity index is 621. The van der Waals surface area contributed by atoms with Crippen LogP contribution in [0.2, 0.25) is 0 Å². The molecule has 138 valence electrons. The predicted octanol–water partition coefficient (Wildman–Crippen LogP) is 4.35. The molecule has 0 aromatic rings. The van der Waals surface area contributed by atoms with E-state index in [1.54, 1.807) is 7.11 Å². The molecule has 6 atom stereocenters. The topological polar surface area (TPSA) is 43.4 Å². The van der Waals surface area contributed by atoms with Crippen LogP contribution in [0.3, 0.4) is 0 Å². The maximum absolute atomic E-state index is 12.6. The van der Waals surface area contributed by atoms with E-state index in [0.717, 1.165) is 32.1 Å². The van der Waals surface area contributed by atoms with Gasteiger partial charge in [0.25, 0.3) is 0 Å². The molecule has 0 N–H and O–H groups in total. The first-order chi connectivity index (χ1) is 11.9. The van der Waals surface area contributed by atoms with Gasteiger partial charge in [0.1, 0.15) is 12.4 Å². The number of carbonyl (C=O) groups is 2. The maximum Gasteiger partial charge on any atom is 0.162 e. The van der Waals surface area contributed by atoms with Gasteiger partial charge in [-0.2, -0.15) is 0 Å². The molecule has 4 rings (SSSR count). The van der Waals surface area contributed by atoms with Crippen molar-refractivity contribution in [3.8, 4) is 0 Å². The van der Waals surface area contributed by atoms with Crippen LogP contribution in [-0.2, 0) is 14.3 Å². The normalized spacial score (nSPS) is 46.0. The monoisotopic (exact) mass is 344 g/mol. The minimum Gasteiger partial charge on any atom is -0.377 e. The number of ketones is 2. The first-order valence-corrected chi connectivity index (χ1v) is 10.1. The molecule has 3 fully saturated rings. The fraction of sp³-hybridized carbons (Fsp3) is 0.818. The Balaban J connectivity index is 1.62. The Morgan fingerprint density at radius 1 is 1.20 bits per heavy atom. The second-order valence-corrected chi connectivity index (χ2v) is 9.55. The molecule has 0 spiro atoms. The summed E-state index contributed by atoms with van der Waals surface area (Å²) in [5.74, 6) is 2.98. The third-order valence-corrected chi connectivity index (χ3v) is 8.61. The molecule has 0 saturated heterocycles. The molecule has 4 aliphatic carbocycles. The van der Waals surface area contributed by atoms with Crippen LogP contribution in [-0.4, -0.2) is 25.3 Å². The van der Waals surface area contributed by atoms with Crippen LogP contribution in [0.1, 0.15) is 65.2 Å². The summed E-state index contributed by atoms with van der Waals surface area (Å²) in [6, 6.07) is 0. The number of carbonyl (C=O) groups excluding carboxylic acids is 2. The fourth-order valence-electron chi connectivity index (χ4n) is 7.25. The molecule has 0 heterocycles. The molecule has 4 aliphatic rings. The van der Waals surface area contributed by atoms with Crippen molar-refractivity contribution in [2.75, 3.05) is 13.7 Å². The van der Waals surface area contributed by atoms with Crippen LogP contribution in [0.25, 0.3) is 0 Å². The van der Waals surface area contributed by atoms with Crippen LogP contribution in [0.15, 0.2) is 11.6 Å². The maximum atomic E-state index is 12.6. The van der Waals surface area contributed by atoms with Gasteiger partial charge in [-0.25, -0.2) is 0 Å². The van der Waals surface area contributed by atoms with Crippen molar-refractivity contribution in [3.63, 3.8) is 0 Å². The van der Waals surface area contributed by atoms with E-state index in [2.05, 4.69) is 19.9 Å². The third-order valence-electron chi connectivity index (χ3n) is 8.61. The smallest absolute Gasteiger partial charge is 0.162 e. The second-order valence-electron chi connectivity index (χ2n) is 9.55. The molecular weight excluding hydrogens is 312 g/mol. The summed E-state index contributed by atoms with van der Waals surface area (Å²) in [4.78, 5) is 24.6. The van der Waals surface area contributed by atoms with E-state index in [9.17, 15) is 9.59 Å². The molecule has 0 amide bonds. The lowest BCUT2D eigenvalue weighted by molar-refractivity contribution is -0.134. The average Bonchev–Trinajstić information content (AvgIpc) is 2.93. The van der Waals surface area contributed by atoms with Gasteiger partial charge in [-0.3, -0.25) is 9.59 Å². The lowest BCUT2D eigenvalue weighted by Crippen LogP contribution is -2.50. The van der Waals surface area contributed by atoms with Crippen LogP contribution in [0.5, 0.6) is 0 Å². The molecule has 0 radical (unpaired) electrons. The van der Waals surface area contributed by atoms with Crippen molar-refractivity contribution in [1.29, 1.82) is 0 Å². The fourth-order valence-corrected chi connectivity index (χ4v) is 7.25. The molecule has 25 heavy (non-hydrogen) atoms. The summed E-state index contributed by atoms with van der Waals surface area (Å²) in [6.07, 6.45) is 10.6. The minimum absolute atomic E-state index is 0.156. The van der Waals surface area contributed by atoms with Gasteiger partial charge < -0.3 is 4.74 Å². The molecule has 0 unspecified atom stereocenters. The van der Waals surface area contributed by atoms with Crippen molar-refractivity contribution in [3.05, 3.63) is 11.6 Å². The van der Waals surface area contributed by atoms with Crippen LogP contribution in [0, 0.1) is 34.5 Å². The molecule has 0 aliphatic heterocycles. The zero-order chi connectivity index (χ0) is 17.8. The number of allylic oxidation sites excluding steroid dienone is 2. The highest BCUT2D eigenvalue weighted by atomic mass is 16.5. The molecule has 3 heteroatoms. The Hall–Kier alpha value is -0.960. The molecular formula is C22H32O3. The SMILES string of the molecule is COCC(=O)[C@H]1CC[C@H]2[C@@H]3CC=C4CC(=O)CC[C@]4(C)[C@H]3CC[C@]12C. The Morgan fingerprint density at radius 3 is 2.76 bits per heavy atom. The molecule has 0 aromatic heterocycles. The second kappa shape index (κ2) is 6.04. The van der Waals surface area contributed by atoms with Gasteiger partial charge in [-0.15, -0.1) is 0 Å². The van der Waals surface area contributed by atoms with Gasteiger partial charge in [0.05, 0.1) is 0 Å². The summed E-state index contributed by atoms with van der Waals surface area (Å²) in [6.45, 7) is 5.07. The van der Waals surface area contributed by atoms with E-state index in [1.807, 2.05) is 0 Å². The first-order valence-electron chi connectivity index (χ1n) is 10.1. The van der Waals surface area contributed by atoms with Gasteiger partial charge >= 0.3 is 0 Å². The largest absolute Gasteiger partial charge is 0.377 e. The van der Waals surface area contributed by atoms with Gasteiger partial charge in [-0.1, -0.05) is 25.5 Å². The molecule has 3 nitrogen and oxygen atoms in total. The van der Waals surface area contributed by atoms with Crippen molar-refractivity contribution in [2.45, 2.75) is 65.2 Å². The van der Waals surface area contributed by atoms with E-state index in [-0.39, 0.29) is 23.4 Å². The number of rotatable bonds is 3. The van der Waals surface area contributed by atoms with Crippen molar-refractivity contribution in [2.24, 2.45) is 34.5 Å². The summed E-state index contributed by atoms with van der Waals surface area (Å²) in [5, 5.41) is 0. The minimum atomic E-state index is 0.156. The lowest BCUT2D eigenvalue weighted by Gasteiger charge is -2.57. The number of hydrogen-bond acceptors (Lipinski definition) is 3. The van der Waals surface area contributed by atoms with Gasteiger partial charge in [-0.05, 0) is 67.1 Å². The van der Waals surface area contributed by atoms with E-state index < -0.39 is 0 Å². The Labute approximate surface area is 151 Å². The van der Waals surface area contributed by atoms with Crippen LogP contribution < -0.4 is 0 Å². The van der Waals surface area contributed by atoms with Crippen LogP contribution in [0.4, 0.5) is 0 Å². The lowest BCUT2D eigenvalue weighted by atomic mass is 9.47. The summed E-state index contributed by atoms with van der Waals surface area (Å²) >= 11 is 0. The first kappa shape index (κ1) is 17.5. The van der Waals surface area contributed by atoms with Gasteiger partial charge in [0.15, 0.2) is 5.78 Å². The van der Waals surface area contributed by atoms with Gasteiger partial charge in [0, 0.05) is 25.9 Å². The number of methoxy groups -OCH3 is 1. The van der Waals surface area contributed by atoms with Crippen molar-refractivity contribution < 1.29 is 14.3 Å². The van der Waals surface area contributed by atoms with E-state index in [1.165, 1.54) is 18.4 Å². The van der Waals surface area contributed by atoms with Crippen molar-refractivity contribution >= 4 is 11.6 Å². The quantitative estimate of drug-likeness (QED) is 0.715.